The van der Waals surface area contributed by atoms with Crippen molar-refractivity contribution < 1.29 is 24.2 Å². The number of nitrogens with one attached hydrogen (secondary N) is 1. The molecule has 2 N–H and O–H groups in total. The van der Waals surface area contributed by atoms with Crippen LogP contribution in [-0.2, 0) is 20.9 Å². The van der Waals surface area contributed by atoms with Crippen LogP contribution in [0.15, 0.2) is 30.3 Å². The van der Waals surface area contributed by atoms with Gasteiger partial charge in [-0.25, -0.2) is 4.79 Å². The zero-order chi connectivity index (χ0) is 18.1. The summed E-state index contributed by atoms with van der Waals surface area (Å²) in [5, 5.41) is 11.4. The fourth-order valence-electron chi connectivity index (χ4n) is 2.79. The molecule has 0 bridgehead atoms. The van der Waals surface area contributed by atoms with Gasteiger partial charge < -0.3 is 20.1 Å². The second kappa shape index (κ2) is 9.66. The number of hydrogen-bond donors (Lipinski definition) is 2. The first kappa shape index (κ1) is 18.8. The van der Waals surface area contributed by atoms with Crippen LogP contribution in [0.4, 0.5) is 4.79 Å². The van der Waals surface area contributed by atoms with E-state index < -0.39 is 24.5 Å². The first-order chi connectivity index (χ1) is 12.1. The van der Waals surface area contributed by atoms with Crippen molar-refractivity contribution in [1.29, 1.82) is 0 Å². The smallest absolute Gasteiger partial charge is 0.408 e. The zero-order valence-corrected chi connectivity index (χ0v) is 14.1. The number of benzene rings is 1. The van der Waals surface area contributed by atoms with E-state index in [9.17, 15) is 14.4 Å². The number of likely N-dealkylation sites (tertiary alicyclic amines) is 1. The maximum Gasteiger partial charge on any atom is 0.408 e. The first-order valence-corrected chi connectivity index (χ1v) is 8.54. The Hall–Kier alpha value is -2.57. The number of amides is 2. The van der Waals surface area contributed by atoms with Gasteiger partial charge in [-0.15, -0.1) is 0 Å². The lowest BCUT2D eigenvalue weighted by molar-refractivity contribution is -0.142. The largest absolute Gasteiger partial charge is 0.481 e. The Morgan fingerprint density at radius 3 is 2.32 bits per heavy atom. The minimum Gasteiger partial charge on any atom is -0.481 e. The number of nitrogens with zero attached hydrogens (tertiary/aromatic N) is 1. The molecular formula is C18H24N2O5. The number of carboxylic acids is 1. The number of carbonyl (C=O) groups is 3. The molecule has 1 aliphatic heterocycles. The number of aliphatic carboxylic acids is 1. The van der Waals surface area contributed by atoms with Gasteiger partial charge in [-0.3, -0.25) is 9.59 Å². The molecule has 1 aromatic carbocycles. The third-order valence-electron chi connectivity index (χ3n) is 4.10. The van der Waals surface area contributed by atoms with Crippen molar-refractivity contribution >= 4 is 18.0 Å². The monoisotopic (exact) mass is 348 g/mol. The zero-order valence-electron chi connectivity index (χ0n) is 14.1. The summed E-state index contributed by atoms with van der Waals surface area (Å²) in [5.74, 6) is -1.50. The van der Waals surface area contributed by atoms with Gasteiger partial charge in [0.25, 0.3) is 0 Å². The van der Waals surface area contributed by atoms with Gasteiger partial charge in [0.1, 0.15) is 12.6 Å². The third kappa shape index (κ3) is 6.45. The lowest BCUT2D eigenvalue weighted by Crippen LogP contribution is -2.50. The lowest BCUT2D eigenvalue weighted by atomic mass is 10.1. The van der Waals surface area contributed by atoms with E-state index >= 15 is 0 Å². The lowest BCUT2D eigenvalue weighted by Gasteiger charge is -2.25. The summed E-state index contributed by atoms with van der Waals surface area (Å²) < 4.78 is 5.09. The van der Waals surface area contributed by atoms with Crippen LogP contribution >= 0.6 is 0 Å². The van der Waals surface area contributed by atoms with Crippen molar-refractivity contribution in [3.8, 4) is 0 Å². The fraction of sp³-hybridized carbons (Fsp3) is 0.500. The number of carbonyl (C=O) groups excluding carboxylic acids is 2. The third-order valence-corrected chi connectivity index (χ3v) is 4.10. The molecule has 1 fully saturated rings. The molecule has 2 amide bonds. The average Bonchev–Trinajstić information content (AvgIpc) is 2.88. The SMILES string of the molecule is O=C(O)CC(NC(=O)OCc1ccccc1)C(=O)N1CCCCCC1. The number of ether oxygens (including phenoxy) is 1. The number of carboxylic acid groups (broad SMARTS) is 1. The summed E-state index contributed by atoms with van der Waals surface area (Å²) in [6.45, 7) is 1.25. The fourth-order valence-corrected chi connectivity index (χ4v) is 2.79. The second-order valence-electron chi connectivity index (χ2n) is 6.10. The van der Waals surface area contributed by atoms with E-state index in [0.29, 0.717) is 13.1 Å². The molecule has 7 heteroatoms. The van der Waals surface area contributed by atoms with Crippen LogP contribution in [0.1, 0.15) is 37.7 Å². The quantitative estimate of drug-likeness (QED) is 0.821. The van der Waals surface area contributed by atoms with Gasteiger partial charge >= 0.3 is 12.1 Å². The van der Waals surface area contributed by atoms with Crippen LogP contribution in [-0.4, -0.2) is 47.1 Å². The van der Waals surface area contributed by atoms with E-state index in [4.69, 9.17) is 9.84 Å². The number of hydrogen-bond acceptors (Lipinski definition) is 4. The molecule has 25 heavy (non-hydrogen) atoms. The van der Waals surface area contributed by atoms with Gasteiger partial charge in [-0.05, 0) is 18.4 Å². The molecule has 1 aliphatic rings. The van der Waals surface area contributed by atoms with Crippen molar-refractivity contribution in [3.63, 3.8) is 0 Å². The number of alkyl carbamates (subject to hydrolysis) is 1. The standard InChI is InChI=1S/C18H24N2O5/c21-16(22)12-15(17(23)20-10-6-1-2-7-11-20)19-18(24)25-13-14-8-4-3-5-9-14/h3-5,8-9,15H,1-2,6-7,10-13H2,(H,19,24)(H,21,22). The summed E-state index contributed by atoms with van der Waals surface area (Å²) in [6.07, 6.45) is 2.64. The molecule has 0 aliphatic carbocycles. The molecule has 1 unspecified atom stereocenters. The van der Waals surface area contributed by atoms with E-state index in [1.54, 1.807) is 4.90 Å². The summed E-state index contributed by atoms with van der Waals surface area (Å²) in [6, 6.07) is 8.01. The Morgan fingerprint density at radius 1 is 1.08 bits per heavy atom. The highest BCUT2D eigenvalue weighted by Gasteiger charge is 2.29. The number of rotatable bonds is 6. The molecular weight excluding hydrogens is 324 g/mol. The van der Waals surface area contributed by atoms with E-state index in [-0.39, 0.29) is 12.5 Å². The van der Waals surface area contributed by atoms with Crippen molar-refractivity contribution in [3.05, 3.63) is 35.9 Å². The van der Waals surface area contributed by atoms with Gasteiger partial charge in [0.05, 0.1) is 6.42 Å². The van der Waals surface area contributed by atoms with Gasteiger partial charge in [0.15, 0.2) is 0 Å². The van der Waals surface area contributed by atoms with E-state index in [2.05, 4.69) is 5.32 Å². The predicted octanol–water partition coefficient (Wildman–Crippen LogP) is 2.16. The van der Waals surface area contributed by atoms with Crippen LogP contribution in [0, 0.1) is 0 Å². The minimum absolute atomic E-state index is 0.0599. The Kier molecular flexibility index (Phi) is 7.25. The molecule has 1 aromatic rings. The Morgan fingerprint density at radius 2 is 1.72 bits per heavy atom. The van der Waals surface area contributed by atoms with Gasteiger partial charge in [-0.1, -0.05) is 43.2 Å². The van der Waals surface area contributed by atoms with Crippen molar-refractivity contribution in [1.82, 2.24) is 10.2 Å². The molecule has 7 nitrogen and oxygen atoms in total. The van der Waals surface area contributed by atoms with Crippen LogP contribution in [0.5, 0.6) is 0 Å². The van der Waals surface area contributed by atoms with Crippen molar-refractivity contribution in [2.45, 2.75) is 44.8 Å². The average molecular weight is 348 g/mol. The Balaban J connectivity index is 1.92. The summed E-state index contributed by atoms with van der Waals surface area (Å²) >= 11 is 0. The van der Waals surface area contributed by atoms with Crippen LogP contribution < -0.4 is 5.32 Å². The Bertz CT molecular complexity index is 582. The highest BCUT2D eigenvalue weighted by Crippen LogP contribution is 2.12. The maximum atomic E-state index is 12.6. The van der Waals surface area contributed by atoms with E-state index in [1.165, 1.54) is 0 Å². The van der Waals surface area contributed by atoms with Gasteiger partial charge in [0, 0.05) is 13.1 Å². The van der Waals surface area contributed by atoms with Crippen molar-refractivity contribution in [2.24, 2.45) is 0 Å². The predicted molar refractivity (Wildman–Crippen MR) is 90.9 cm³/mol. The molecule has 1 saturated heterocycles. The molecule has 0 aromatic heterocycles. The summed E-state index contributed by atoms with van der Waals surface area (Å²) in [4.78, 5) is 37.3. The Labute approximate surface area is 147 Å². The topological polar surface area (TPSA) is 95.9 Å². The molecule has 0 radical (unpaired) electrons. The molecule has 1 atom stereocenters. The molecule has 0 spiro atoms. The minimum atomic E-state index is -1.14. The molecule has 136 valence electrons. The molecule has 2 rings (SSSR count). The van der Waals surface area contributed by atoms with Crippen molar-refractivity contribution in [2.75, 3.05) is 13.1 Å². The highest BCUT2D eigenvalue weighted by molar-refractivity contribution is 5.89. The summed E-state index contributed by atoms with van der Waals surface area (Å²) in [5.41, 5.74) is 0.811. The van der Waals surface area contributed by atoms with E-state index in [1.807, 2.05) is 30.3 Å². The maximum absolute atomic E-state index is 12.6. The normalized spacial score (nSPS) is 15.8. The van der Waals surface area contributed by atoms with Crippen LogP contribution in [0.2, 0.25) is 0 Å². The second-order valence-corrected chi connectivity index (χ2v) is 6.10. The first-order valence-electron chi connectivity index (χ1n) is 8.54. The summed E-state index contributed by atoms with van der Waals surface area (Å²) in [7, 11) is 0. The van der Waals surface area contributed by atoms with Crippen LogP contribution in [0.25, 0.3) is 0 Å². The van der Waals surface area contributed by atoms with E-state index in [0.717, 1.165) is 31.2 Å². The van der Waals surface area contributed by atoms with Gasteiger partial charge in [0.2, 0.25) is 5.91 Å². The van der Waals surface area contributed by atoms with Crippen LogP contribution in [0.3, 0.4) is 0 Å². The van der Waals surface area contributed by atoms with Gasteiger partial charge in [-0.2, -0.15) is 0 Å². The highest BCUT2D eigenvalue weighted by atomic mass is 16.5. The molecule has 1 heterocycles. The molecule has 0 saturated carbocycles.